The molecule has 4 nitrogen and oxygen atoms in total. The van der Waals surface area contributed by atoms with Crippen LogP contribution >= 0.6 is 0 Å². The van der Waals surface area contributed by atoms with Crippen molar-refractivity contribution in [3.05, 3.63) is 35.9 Å². The number of carbonyl (C=O) groups is 1. The highest BCUT2D eigenvalue weighted by Crippen LogP contribution is 2.30. The van der Waals surface area contributed by atoms with E-state index in [1.165, 1.54) is 5.56 Å². The largest absolute Gasteiger partial charge is 0.385 e. The number of hydrogen-bond donors (Lipinski definition) is 1. The van der Waals surface area contributed by atoms with E-state index in [-0.39, 0.29) is 6.03 Å². The van der Waals surface area contributed by atoms with Crippen molar-refractivity contribution in [2.45, 2.75) is 32.2 Å². The number of likely N-dealkylation sites (N-methyl/N-ethyl adjacent to an activating group) is 1. The number of nitrogens with zero attached hydrogens (tertiary/aromatic N) is 2. The fourth-order valence-corrected chi connectivity index (χ4v) is 2.64. The third-order valence-corrected chi connectivity index (χ3v) is 3.68. The first-order chi connectivity index (χ1) is 8.64. The lowest BCUT2D eigenvalue weighted by atomic mass is 9.86. The zero-order chi connectivity index (χ0) is 13.2. The Morgan fingerprint density at radius 3 is 2.50 bits per heavy atom. The molecule has 4 heteroatoms. The molecule has 2 rings (SSSR count). The van der Waals surface area contributed by atoms with Crippen molar-refractivity contribution in [2.75, 3.05) is 6.54 Å². The Kier molecular flexibility index (Phi) is 3.36. The zero-order valence-electron chi connectivity index (χ0n) is 10.9. The number of urea groups is 1. The van der Waals surface area contributed by atoms with Crippen molar-refractivity contribution in [3.8, 4) is 0 Å². The monoisotopic (exact) mass is 245 g/mol. The van der Waals surface area contributed by atoms with E-state index in [1.54, 1.807) is 4.90 Å². The van der Waals surface area contributed by atoms with Gasteiger partial charge in [0.2, 0.25) is 0 Å². The average molecular weight is 245 g/mol. The van der Waals surface area contributed by atoms with Gasteiger partial charge in [-0.25, -0.2) is 4.79 Å². The maximum Gasteiger partial charge on any atom is 0.346 e. The summed E-state index contributed by atoms with van der Waals surface area (Å²) in [6, 6.07) is 9.88. The second-order valence-corrected chi connectivity index (χ2v) is 4.57. The Hall–Kier alpha value is -1.84. The number of benzene rings is 1. The molecule has 0 radical (unpaired) electrons. The molecule has 0 saturated heterocycles. The molecule has 1 aromatic carbocycles. The van der Waals surface area contributed by atoms with Crippen LogP contribution in [0, 0.1) is 0 Å². The summed E-state index contributed by atoms with van der Waals surface area (Å²) in [6.07, 6.45) is 1.50. The molecule has 1 atom stereocenters. The fraction of sp³-hybridized carbons (Fsp3) is 0.429. The second kappa shape index (κ2) is 4.80. The van der Waals surface area contributed by atoms with Gasteiger partial charge in [-0.3, -0.25) is 0 Å². The maximum absolute atomic E-state index is 11.8. The molecule has 96 valence electrons. The summed E-state index contributed by atoms with van der Waals surface area (Å²) in [6.45, 7) is 4.64. The SMILES string of the molecule is CCN1C(=O)N=C(N)C1(CC)Cc1ccccc1. The molecule has 2 N–H and O–H groups in total. The molecule has 1 heterocycles. The summed E-state index contributed by atoms with van der Waals surface area (Å²) in [4.78, 5) is 17.6. The Bertz CT molecular complexity index is 469. The molecule has 1 aromatic rings. The van der Waals surface area contributed by atoms with Gasteiger partial charge in [0.05, 0.1) is 0 Å². The van der Waals surface area contributed by atoms with Crippen molar-refractivity contribution < 1.29 is 4.79 Å². The van der Waals surface area contributed by atoms with Crippen molar-refractivity contribution in [1.29, 1.82) is 0 Å². The van der Waals surface area contributed by atoms with Gasteiger partial charge in [-0.15, -0.1) is 0 Å². The normalized spacial score (nSPS) is 23.3. The number of carbonyl (C=O) groups excluding carboxylic acids is 1. The number of rotatable bonds is 4. The maximum atomic E-state index is 11.8. The standard InChI is InChI=1S/C14H19N3O/c1-3-14(10-11-8-6-5-7-9-11)12(15)16-13(18)17(14)4-2/h5-9H,3-4,10H2,1-2H3,(H2,15,16,18). The Labute approximate surface area is 108 Å². The van der Waals surface area contributed by atoms with Crippen LogP contribution in [0.1, 0.15) is 25.8 Å². The fourth-order valence-electron chi connectivity index (χ4n) is 2.64. The number of aliphatic imine (C=N–C) groups is 1. The Balaban J connectivity index is 2.36. The van der Waals surface area contributed by atoms with Crippen molar-refractivity contribution >= 4 is 11.9 Å². The van der Waals surface area contributed by atoms with Crippen LogP contribution in [0.3, 0.4) is 0 Å². The van der Waals surface area contributed by atoms with Crippen molar-refractivity contribution in [2.24, 2.45) is 10.7 Å². The van der Waals surface area contributed by atoms with E-state index in [0.29, 0.717) is 12.4 Å². The smallest absolute Gasteiger partial charge is 0.346 e. The summed E-state index contributed by atoms with van der Waals surface area (Å²) in [5.41, 5.74) is 6.74. The van der Waals surface area contributed by atoms with Crippen LogP contribution in [0.2, 0.25) is 0 Å². The topological polar surface area (TPSA) is 58.7 Å². The highest BCUT2D eigenvalue weighted by atomic mass is 16.2. The van der Waals surface area contributed by atoms with Crippen LogP contribution in [0.15, 0.2) is 35.3 Å². The van der Waals surface area contributed by atoms with Gasteiger partial charge in [0.15, 0.2) is 0 Å². The minimum atomic E-state index is -0.451. The van der Waals surface area contributed by atoms with Gasteiger partial charge in [-0.1, -0.05) is 37.3 Å². The summed E-state index contributed by atoms with van der Waals surface area (Å²) >= 11 is 0. The lowest BCUT2D eigenvalue weighted by Gasteiger charge is -2.36. The van der Waals surface area contributed by atoms with Gasteiger partial charge in [-0.2, -0.15) is 4.99 Å². The predicted molar refractivity (Wildman–Crippen MR) is 72.6 cm³/mol. The van der Waals surface area contributed by atoms with Gasteiger partial charge in [0, 0.05) is 13.0 Å². The molecule has 0 fully saturated rings. The van der Waals surface area contributed by atoms with E-state index >= 15 is 0 Å². The predicted octanol–water partition coefficient (Wildman–Crippen LogP) is 2.19. The molecule has 0 saturated carbocycles. The molecule has 2 amide bonds. The molecule has 18 heavy (non-hydrogen) atoms. The lowest BCUT2D eigenvalue weighted by Crippen LogP contribution is -2.55. The van der Waals surface area contributed by atoms with Crippen LogP contribution in [0.25, 0.3) is 0 Å². The summed E-state index contributed by atoms with van der Waals surface area (Å²) in [7, 11) is 0. The highest BCUT2D eigenvalue weighted by Gasteiger charge is 2.46. The van der Waals surface area contributed by atoms with Gasteiger partial charge >= 0.3 is 6.03 Å². The minimum absolute atomic E-state index is 0.215. The molecule has 1 aliphatic rings. The van der Waals surface area contributed by atoms with E-state index in [1.807, 2.05) is 32.0 Å². The van der Waals surface area contributed by atoms with Gasteiger partial charge < -0.3 is 10.6 Å². The second-order valence-electron chi connectivity index (χ2n) is 4.57. The molecule has 0 aromatic heterocycles. The van der Waals surface area contributed by atoms with Crippen LogP contribution in [0.4, 0.5) is 4.79 Å². The molecule has 0 bridgehead atoms. The molecule has 1 aliphatic heterocycles. The van der Waals surface area contributed by atoms with E-state index in [0.717, 1.165) is 12.8 Å². The molecule has 1 unspecified atom stereocenters. The number of hydrogen-bond acceptors (Lipinski definition) is 2. The van der Waals surface area contributed by atoms with Crippen LogP contribution in [0.5, 0.6) is 0 Å². The number of amides is 2. The quantitative estimate of drug-likeness (QED) is 0.884. The zero-order valence-corrected chi connectivity index (χ0v) is 10.9. The number of nitrogens with two attached hydrogens (primary N) is 1. The minimum Gasteiger partial charge on any atom is -0.385 e. The number of amidine groups is 1. The van der Waals surface area contributed by atoms with E-state index < -0.39 is 5.54 Å². The molecular weight excluding hydrogens is 226 g/mol. The third kappa shape index (κ3) is 1.88. The van der Waals surface area contributed by atoms with Crippen molar-refractivity contribution in [3.63, 3.8) is 0 Å². The average Bonchev–Trinajstić information content (AvgIpc) is 2.62. The molecular formula is C14H19N3O. The first kappa shape index (κ1) is 12.6. The lowest BCUT2D eigenvalue weighted by molar-refractivity contribution is 0.172. The third-order valence-electron chi connectivity index (χ3n) is 3.68. The van der Waals surface area contributed by atoms with Crippen LogP contribution in [-0.2, 0) is 6.42 Å². The Morgan fingerprint density at radius 1 is 1.28 bits per heavy atom. The summed E-state index contributed by atoms with van der Waals surface area (Å²) < 4.78 is 0. The molecule has 0 spiro atoms. The van der Waals surface area contributed by atoms with Crippen LogP contribution in [-0.4, -0.2) is 28.9 Å². The van der Waals surface area contributed by atoms with E-state index in [2.05, 4.69) is 17.1 Å². The van der Waals surface area contributed by atoms with E-state index in [4.69, 9.17) is 5.73 Å². The van der Waals surface area contributed by atoms with E-state index in [9.17, 15) is 4.79 Å². The van der Waals surface area contributed by atoms with Gasteiger partial charge in [-0.05, 0) is 18.9 Å². The summed E-state index contributed by atoms with van der Waals surface area (Å²) in [5, 5.41) is 0. The Morgan fingerprint density at radius 2 is 1.94 bits per heavy atom. The first-order valence-electron chi connectivity index (χ1n) is 6.34. The highest BCUT2D eigenvalue weighted by molar-refractivity contribution is 6.06. The van der Waals surface area contributed by atoms with Crippen molar-refractivity contribution in [1.82, 2.24) is 4.90 Å². The first-order valence-corrected chi connectivity index (χ1v) is 6.34. The van der Waals surface area contributed by atoms with Gasteiger partial charge in [0.1, 0.15) is 11.4 Å². The van der Waals surface area contributed by atoms with Crippen LogP contribution < -0.4 is 5.73 Å². The molecule has 0 aliphatic carbocycles. The summed E-state index contributed by atoms with van der Waals surface area (Å²) in [5.74, 6) is 0.445. The van der Waals surface area contributed by atoms with Gasteiger partial charge in [0.25, 0.3) is 0 Å².